The van der Waals surface area contributed by atoms with E-state index in [0.717, 1.165) is 12.3 Å². The number of rotatable bonds is 5. The third-order valence-corrected chi connectivity index (χ3v) is 2.94. The molecule has 0 atom stereocenters. The highest BCUT2D eigenvalue weighted by atomic mass is 35.5. The summed E-state index contributed by atoms with van der Waals surface area (Å²) < 4.78 is 36.5. The number of hydrogen-bond donors (Lipinski definition) is 2. The van der Waals surface area contributed by atoms with E-state index in [1.807, 2.05) is 0 Å². The second-order valence-corrected chi connectivity index (χ2v) is 5.83. The molecule has 0 aliphatic rings. The Labute approximate surface area is 109 Å². The largest absolute Gasteiger partial charge is 0.326 e. The predicted octanol–water partition coefficient (Wildman–Crippen LogP) is 1.36. The zero-order valence-corrected chi connectivity index (χ0v) is 11.1. The van der Waals surface area contributed by atoms with Gasteiger partial charge in [0.05, 0.1) is 11.3 Å². The Morgan fingerprint density at radius 2 is 2.11 bits per heavy atom. The Bertz CT molecular complexity index is 548. The van der Waals surface area contributed by atoms with E-state index in [1.165, 1.54) is 12.1 Å². The van der Waals surface area contributed by atoms with E-state index < -0.39 is 21.7 Å². The van der Waals surface area contributed by atoms with Gasteiger partial charge in [-0.3, -0.25) is 4.79 Å². The summed E-state index contributed by atoms with van der Waals surface area (Å²) >= 11 is 5.54. The second kappa shape index (κ2) is 6.12. The smallest absolute Gasteiger partial charge is 0.225 e. The first-order valence-corrected chi connectivity index (χ1v) is 7.24. The van der Waals surface area contributed by atoms with Crippen LogP contribution < -0.4 is 10.0 Å². The molecule has 18 heavy (non-hydrogen) atoms. The standard InChI is InChI=1S/C10H12ClFN2O3S/c1-18(16,17)13-5-4-10(15)14-7-2-3-9(12)8(11)6-7/h2-3,6,13H,4-5H2,1H3,(H,14,15). The minimum absolute atomic E-state index is 0.000403. The fourth-order valence-corrected chi connectivity index (χ4v) is 1.80. The highest BCUT2D eigenvalue weighted by Gasteiger charge is 2.06. The lowest BCUT2D eigenvalue weighted by atomic mass is 10.3. The zero-order chi connectivity index (χ0) is 13.8. The van der Waals surface area contributed by atoms with Gasteiger partial charge in [0.2, 0.25) is 15.9 Å². The number of hydrogen-bond acceptors (Lipinski definition) is 3. The van der Waals surface area contributed by atoms with Crippen LogP contribution in [0.25, 0.3) is 0 Å². The molecule has 2 N–H and O–H groups in total. The Morgan fingerprint density at radius 3 is 2.67 bits per heavy atom. The summed E-state index contributed by atoms with van der Waals surface area (Å²) in [7, 11) is -3.31. The van der Waals surface area contributed by atoms with Crippen molar-refractivity contribution in [3.63, 3.8) is 0 Å². The molecule has 0 unspecified atom stereocenters. The number of carbonyl (C=O) groups excluding carboxylic acids is 1. The van der Waals surface area contributed by atoms with Gasteiger partial charge in [-0.2, -0.15) is 0 Å². The van der Waals surface area contributed by atoms with Crippen molar-refractivity contribution in [1.29, 1.82) is 0 Å². The van der Waals surface area contributed by atoms with E-state index >= 15 is 0 Å². The number of benzene rings is 1. The molecule has 5 nitrogen and oxygen atoms in total. The molecule has 0 aliphatic heterocycles. The predicted molar refractivity (Wildman–Crippen MR) is 67.5 cm³/mol. The van der Waals surface area contributed by atoms with Crippen LogP contribution in [0, 0.1) is 5.82 Å². The van der Waals surface area contributed by atoms with Gasteiger partial charge in [-0.15, -0.1) is 0 Å². The first-order chi connectivity index (χ1) is 8.28. The fraction of sp³-hybridized carbons (Fsp3) is 0.300. The molecule has 0 saturated carbocycles. The molecule has 0 aliphatic carbocycles. The summed E-state index contributed by atoms with van der Waals surface area (Å²) in [5, 5.41) is 2.38. The van der Waals surface area contributed by atoms with Crippen LogP contribution >= 0.6 is 11.6 Å². The molecule has 100 valence electrons. The Hall–Kier alpha value is -1.18. The Morgan fingerprint density at radius 1 is 1.44 bits per heavy atom. The number of anilines is 1. The van der Waals surface area contributed by atoms with Gasteiger partial charge in [0, 0.05) is 18.7 Å². The third kappa shape index (κ3) is 5.44. The van der Waals surface area contributed by atoms with Crippen LogP contribution in [0.1, 0.15) is 6.42 Å². The van der Waals surface area contributed by atoms with Crippen molar-refractivity contribution >= 4 is 33.2 Å². The first kappa shape index (κ1) is 14.9. The van der Waals surface area contributed by atoms with Gasteiger partial charge >= 0.3 is 0 Å². The minimum Gasteiger partial charge on any atom is -0.326 e. The van der Waals surface area contributed by atoms with Crippen molar-refractivity contribution in [3.05, 3.63) is 29.0 Å². The summed E-state index contributed by atoms with van der Waals surface area (Å²) in [6.45, 7) is -0.000403. The normalized spacial score (nSPS) is 11.3. The molecular weight excluding hydrogens is 283 g/mol. The molecule has 0 saturated heterocycles. The van der Waals surface area contributed by atoms with Crippen molar-refractivity contribution < 1.29 is 17.6 Å². The lowest BCUT2D eigenvalue weighted by Crippen LogP contribution is -2.26. The zero-order valence-electron chi connectivity index (χ0n) is 9.54. The maximum absolute atomic E-state index is 12.8. The molecular formula is C10H12ClFN2O3S. The van der Waals surface area contributed by atoms with Crippen LogP contribution in [0.2, 0.25) is 5.02 Å². The van der Waals surface area contributed by atoms with Gasteiger partial charge in [0.15, 0.2) is 0 Å². The van der Waals surface area contributed by atoms with E-state index in [1.54, 1.807) is 0 Å². The summed E-state index contributed by atoms with van der Waals surface area (Å²) in [5.41, 5.74) is 0.353. The molecule has 1 amide bonds. The van der Waals surface area contributed by atoms with E-state index in [-0.39, 0.29) is 18.0 Å². The van der Waals surface area contributed by atoms with Crippen molar-refractivity contribution in [1.82, 2.24) is 4.72 Å². The topological polar surface area (TPSA) is 75.3 Å². The number of nitrogens with one attached hydrogen (secondary N) is 2. The molecule has 1 aromatic carbocycles. The minimum atomic E-state index is -3.31. The number of halogens is 2. The number of carbonyl (C=O) groups is 1. The monoisotopic (exact) mass is 294 g/mol. The lowest BCUT2D eigenvalue weighted by molar-refractivity contribution is -0.116. The molecule has 0 aromatic heterocycles. The molecule has 0 bridgehead atoms. The summed E-state index contributed by atoms with van der Waals surface area (Å²) in [6, 6.07) is 3.77. The molecule has 1 aromatic rings. The summed E-state index contributed by atoms with van der Waals surface area (Å²) in [4.78, 5) is 11.4. The number of sulfonamides is 1. The SMILES string of the molecule is CS(=O)(=O)NCCC(=O)Nc1ccc(F)c(Cl)c1. The van der Waals surface area contributed by atoms with Gasteiger partial charge in [0.25, 0.3) is 0 Å². The van der Waals surface area contributed by atoms with Crippen LogP contribution in [-0.2, 0) is 14.8 Å². The quantitative estimate of drug-likeness (QED) is 0.861. The van der Waals surface area contributed by atoms with Gasteiger partial charge in [-0.25, -0.2) is 17.5 Å². The molecule has 0 spiro atoms. The molecule has 0 radical (unpaired) electrons. The maximum Gasteiger partial charge on any atom is 0.225 e. The van der Waals surface area contributed by atoms with E-state index in [4.69, 9.17) is 11.6 Å². The Balaban J connectivity index is 2.47. The van der Waals surface area contributed by atoms with Gasteiger partial charge in [-0.05, 0) is 18.2 Å². The van der Waals surface area contributed by atoms with E-state index in [2.05, 4.69) is 10.0 Å². The van der Waals surface area contributed by atoms with Crippen LogP contribution in [0.3, 0.4) is 0 Å². The average Bonchev–Trinajstić information content (AvgIpc) is 2.21. The Kier molecular flexibility index (Phi) is 5.06. The van der Waals surface area contributed by atoms with Crippen LogP contribution in [0.4, 0.5) is 10.1 Å². The summed E-state index contributed by atoms with van der Waals surface area (Å²) in [5.74, 6) is -0.970. The molecule has 8 heteroatoms. The molecule has 0 fully saturated rings. The van der Waals surface area contributed by atoms with E-state index in [0.29, 0.717) is 5.69 Å². The van der Waals surface area contributed by atoms with Crippen LogP contribution in [-0.4, -0.2) is 27.1 Å². The second-order valence-electron chi connectivity index (χ2n) is 3.59. The first-order valence-electron chi connectivity index (χ1n) is 4.97. The highest BCUT2D eigenvalue weighted by Crippen LogP contribution is 2.19. The third-order valence-electron chi connectivity index (χ3n) is 1.92. The highest BCUT2D eigenvalue weighted by molar-refractivity contribution is 7.88. The van der Waals surface area contributed by atoms with Crippen molar-refractivity contribution in [2.75, 3.05) is 18.1 Å². The van der Waals surface area contributed by atoms with E-state index in [9.17, 15) is 17.6 Å². The van der Waals surface area contributed by atoms with Crippen molar-refractivity contribution in [2.24, 2.45) is 0 Å². The summed E-state index contributed by atoms with van der Waals surface area (Å²) in [6.07, 6.45) is 0.979. The van der Waals surface area contributed by atoms with Crippen LogP contribution in [0.15, 0.2) is 18.2 Å². The molecule has 0 heterocycles. The van der Waals surface area contributed by atoms with Crippen molar-refractivity contribution in [3.8, 4) is 0 Å². The van der Waals surface area contributed by atoms with Gasteiger partial charge < -0.3 is 5.32 Å². The molecule has 1 rings (SSSR count). The average molecular weight is 295 g/mol. The van der Waals surface area contributed by atoms with Crippen LogP contribution in [0.5, 0.6) is 0 Å². The van der Waals surface area contributed by atoms with Crippen molar-refractivity contribution in [2.45, 2.75) is 6.42 Å². The lowest BCUT2D eigenvalue weighted by Gasteiger charge is -2.06. The number of amides is 1. The maximum atomic E-state index is 12.8. The van der Waals surface area contributed by atoms with Gasteiger partial charge in [-0.1, -0.05) is 11.6 Å². The van der Waals surface area contributed by atoms with Gasteiger partial charge in [0.1, 0.15) is 5.82 Å². The fourth-order valence-electron chi connectivity index (χ4n) is 1.15.